The summed E-state index contributed by atoms with van der Waals surface area (Å²) in [6.45, 7) is 5.91. The van der Waals surface area contributed by atoms with E-state index in [2.05, 4.69) is 17.2 Å². The SMILES string of the molecule is CCNCC1CCN(C(=O)CCc2ncc(-c3ccc(Cl)cc3)o2)CC1.Cl.Cl. The van der Waals surface area contributed by atoms with Crippen LogP contribution < -0.4 is 5.32 Å². The molecule has 156 valence electrons. The van der Waals surface area contributed by atoms with Gasteiger partial charge in [-0.3, -0.25) is 4.79 Å². The van der Waals surface area contributed by atoms with Crippen molar-refractivity contribution in [2.75, 3.05) is 26.2 Å². The van der Waals surface area contributed by atoms with Crippen LogP contribution in [0.5, 0.6) is 0 Å². The second-order valence-electron chi connectivity index (χ2n) is 6.76. The number of carbonyl (C=O) groups excluding carboxylic acids is 1. The number of oxazole rings is 1. The van der Waals surface area contributed by atoms with Crippen molar-refractivity contribution >= 4 is 42.3 Å². The Hall–Kier alpha value is -1.27. The molecule has 1 N–H and O–H groups in total. The second kappa shape index (κ2) is 12.3. The molecule has 3 rings (SSSR count). The summed E-state index contributed by atoms with van der Waals surface area (Å²) in [5.74, 6) is 2.18. The summed E-state index contributed by atoms with van der Waals surface area (Å²) in [5, 5.41) is 4.08. The fourth-order valence-electron chi connectivity index (χ4n) is 3.28. The van der Waals surface area contributed by atoms with Crippen LogP contribution in [0, 0.1) is 5.92 Å². The first-order chi connectivity index (χ1) is 12.7. The average Bonchev–Trinajstić information content (AvgIpc) is 3.14. The van der Waals surface area contributed by atoms with Gasteiger partial charge in [-0.15, -0.1) is 24.8 Å². The maximum absolute atomic E-state index is 12.4. The molecule has 0 radical (unpaired) electrons. The minimum atomic E-state index is 0. The normalized spacial score (nSPS) is 14.3. The average molecular weight is 449 g/mol. The van der Waals surface area contributed by atoms with Gasteiger partial charge in [-0.25, -0.2) is 4.98 Å². The van der Waals surface area contributed by atoms with Crippen LogP contribution in [0.15, 0.2) is 34.9 Å². The van der Waals surface area contributed by atoms with Gasteiger partial charge in [0.05, 0.1) is 6.20 Å². The van der Waals surface area contributed by atoms with Gasteiger partial charge in [-0.1, -0.05) is 18.5 Å². The van der Waals surface area contributed by atoms with Crippen molar-refractivity contribution in [3.05, 3.63) is 41.4 Å². The summed E-state index contributed by atoms with van der Waals surface area (Å²) in [5.41, 5.74) is 0.933. The van der Waals surface area contributed by atoms with Gasteiger partial charge in [0.15, 0.2) is 11.7 Å². The Morgan fingerprint density at radius 1 is 1.25 bits per heavy atom. The molecule has 8 heteroatoms. The minimum Gasteiger partial charge on any atom is -0.441 e. The lowest BCUT2D eigenvalue weighted by Crippen LogP contribution is -2.40. The monoisotopic (exact) mass is 447 g/mol. The number of nitrogens with one attached hydrogen (secondary N) is 1. The highest BCUT2D eigenvalue weighted by molar-refractivity contribution is 6.30. The van der Waals surface area contributed by atoms with Crippen LogP contribution in [0.3, 0.4) is 0 Å². The molecule has 1 aliphatic rings. The lowest BCUT2D eigenvalue weighted by Gasteiger charge is -2.32. The number of carbonyl (C=O) groups is 1. The molecule has 0 saturated carbocycles. The van der Waals surface area contributed by atoms with Gasteiger partial charge in [0, 0.05) is 36.5 Å². The highest BCUT2D eigenvalue weighted by atomic mass is 35.5. The maximum atomic E-state index is 12.4. The zero-order valence-corrected chi connectivity index (χ0v) is 18.4. The van der Waals surface area contributed by atoms with Gasteiger partial charge >= 0.3 is 0 Å². The van der Waals surface area contributed by atoms with E-state index < -0.39 is 0 Å². The molecular formula is C20H28Cl3N3O2. The fraction of sp³-hybridized carbons (Fsp3) is 0.500. The molecular weight excluding hydrogens is 421 g/mol. The van der Waals surface area contributed by atoms with Gasteiger partial charge in [0.1, 0.15) is 0 Å². The van der Waals surface area contributed by atoms with E-state index in [0.717, 1.165) is 44.6 Å². The third-order valence-corrected chi connectivity index (χ3v) is 5.14. The lowest BCUT2D eigenvalue weighted by atomic mass is 9.96. The van der Waals surface area contributed by atoms with Crippen molar-refractivity contribution in [2.24, 2.45) is 5.92 Å². The summed E-state index contributed by atoms with van der Waals surface area (Å²) >= 11 is 5.90. The standard InChI is InChI=1S/C20H26ClN3O2.2ClH/c1-2-22-13-15-9-11-24(12-10-15)20(25)8-7-19-23-14-18(26-19)16-3-5-17(21)6-4-16;;/h3-6,14-15,22H,2,7-13H2,1H3;2*1H. The Labute approximate surface area is 184 Å². The molecule has 1 aromatic carbocycles. The Bertz CT molecular complexity index is 714. The van der Waals surface area contributed by atoms with Gasteiger partial charge < -0.3 is 14.6 Å². The van der Waals surface area contributed by atoms with Crippen molar-refractivity contribution in [1.29, 1.82) is 0 Å². The van der Waals surface area contributed by atoms with Crippen LogP contribution in [-0.4, -0.2) is 42.0 Å². The summed E-state index contributed by atoms with van der Waals surface area (Å²) in [6.07, 6.45) is 4.84. The van der Waals surface area contributed by atoms with E-state index in [-0.39, 0.29) is 30.7 Å². The van der Waals surface area contributed by atoms with Crippen LogP contribution in [-0.2, 0) is 11.2 Å². The summed E-state index contributed by atoms with van der Waals surface area (Å²) in [6, 6.07) is 7.44. The number of amides is 1. The number of likely N-dealkylation sites (tertiary alicyclic amines) is 1. The first kappa shape index (κ1) is 24.8. The minimum absolute atomic E-state index is 0. The van der Waals surface area contributed by atoms with E-state index in [9.17, 15) is 4.79 Å². The third-order valence-electron chi connectivity index (χ3n) is 4.89. The molecule has 1 fully saturated rings. The molecule has 0 atom stereocenters. The molecule has 1 aliphatic heterocycles. The summed E-state index contributed by atoms with van der Waals surface area (Å²) < 4.78 is 5.78. The van der Waals surface area contributed by atoms with Crippen LogP contribution in [0.4, 0.5) is 0 Å². The molecule has 0 bridgehead atoms. The van der Waals surface area contributed by atoms with Gasteiger partial charge in [0.2, 0.25) is 5.91 Å². The smallest absolute Gasteiger partial charge is 0.223 e. The van der Waals surface area contributed by atoms with Gasteiger partial charge in [0.25, 0.3) is 0 Å². The number of benzene rings is 1. The highest BCUT2D eigenvalue weighted by Crippen LogP contribution is 2.23. The number of hydrogen-bond donors (Lipinski definition) is 1. The van der Waals surface area contributed by atoms with E-state index in [1.807, 2.05) is 29.2 Å². The van der Waals surface area contributed by atoms with E-state index in [0.29, 0.717) is 35.4 Å². The molecule has 0 aliphatic carbocycles. The predicted octanol–water partition coefficient (Wildman–Crippen LogP) is 4.62. The zero-order valence-electron chi connectivity index (χ0n) is 16.0. The Kier molecular flexibility index (Phi) is 10.9. The summed E-state index contributed by atoms with van der Waals surface area (Å²) in [7, 11) is 0. The molecule has 28 heavy (non-hydrogen) atoms. The third kappa shape index (κ3) is 6.96. The van der Waals surface area contributed by atoms with Crippen molar-refractivity contribution in [2.45, 2.75) is 32.6 Å². The zero-order chi connectivity index (χ0) is 18.4. The largest absolute Gasteiger partial charge is 0.441 e. The van der Waals surface area contributed by atoms with Crippen LogP contribution in [0.2, 0.25) is 5.02 Å². The Morgan fingerprint density at radius 2 is 1.93 bits per heavy atom. The molecule has 1 amide bonds. The van der Waals surface area contributed by atoms with E-state index in [1.165, 1.54) is 0 Å². The number of rotatable bonds is 7. The van der Waals surface area contributed by atoms with Gasteiger partial charge in [-0.05, 0) is 56.1 Å². The number of halogens is 3. The molecule has 5 nitrogen and oxygen atoms in total. The molecule has 2 aromatic rings. The summed E-state index contributed by atoms with van der Waals surface area (Å²) in [4.78, 5) is 18.7. The predicted molar refractivity (Wildman–Crippen MR) is 118 cm³/mol. The first-order valence-corrected chi connectivity index (χ1v) is 9.72. The lowest BCUT2D eigenvalue weighted by molar-refractivity contribution is -0.132. The molecule has 2 heterocycles. The fourth-order valence-corrected chi connectivity index (χ4v) is 3.41. The number of nitrogens with zero attached hydrogens (tertiary/aromatic N) is 2. The first-order valence-electron chi connectivity index (χ1n) is 9.35. The number of piperidine rings is 1. The number of hydrogen-bond acceptors (Lipinski definition) is 4. The van der Waals surface area contributed by atoms with E-state index in [4.69, 9.17) is 16.0 Å². The van der Waals surface area contributed by atoms with E-state index >= 15 is 0 Å². The maximum Gasteiger partial charge on any atom is 0.223 e. The van der Waals surface area contributed by atoms with Gasteiger partial charge in [-0.2, -0.15) is 0 Å². The van der Waals surface area contributed by atoms with Crippen LogP contribution >= 0.6 is 36.4 Å². The van der Waals surface area contributed by atoms with Crippen molar-refractivity contribution in [3.8, 4) is 11.3 Å². The second-order valence-corrected chi connectivity index (χ2v) is 7.19. The quantitative estimate of drug-likeness (QED) is 0.671. The van der Waals surface area contributed by atoms with Crippen LogP contribution in [0.1, 0.15) is 32.1 Å². The van der Waals surface area contributed by atoms with Crippen molar-refractivity contribution in [1.82, 2.24) is 15.2 Å². The molecule has 0 unspecified atom stereocenters. The Morgan fingerprint density at radius 3 is 2.57 bits per heavy atom. The number of aromatic nitrogens is 1. The van der Waals surface area contributed by atoms with Crippen molar-refractivity contribution < 1.29 is 9.21 Å². The molecule has 0 spiro atoms. The molecule has 1 aromatic heterocycles. The van der Waals surface area contributed by atoms with E-state index in [1.54, 1.807) is 6.20 Å². The van der Waals surface area contributed by atoms with Crippen LogP contribution in [0.25, 0.3) is 11.3 Å². The highest BCUT2D eigenvalue weighted by Gasteiger charge is 2.22. The Balaban J connectivity index is 0.00000196. The topological polar surface area (TPSA) is 58.4 Å². The van der Waals surface area contributed by atoms with Crippen molar-refractivity contribution in [3.63, 3.8) is 0 Å². The number of aryl methyl sites for hydroxylation is 1. The molecule has 1 saturated heterocycles.